The van der Waals surface area contributed by atoms with E-state index in [-0.39, 0.29) is 11.9 Å². The minimum atomic E-state index is -0.687. The van der Waals surface area contributed by atoms with Crippen LogP contribution in [0.2, 0.25) is 0 Å². The number of thioether (sulfide) groups is 2. The molecule has 4 rings (SSSR count). The van der Waals surface area contributed by atoms with Gasteiger partial charge < -0.3 is 9.64 Å². The highest BCUT2D eigenvalue weighted by molar-refractivity contribution is 8.32. The number of methoxy groups -OCH3 is 1. The number of rotatable bonds is 2. The monoisotopic (exact) mass is 481 g/mol. The van der Waals surface area contributed by atoms with Crippen molar-refractivity contribution >= 4 is 68.6 Å². The van der Waals surface area contributed by atoms with Gasteiger partial charge in [-0.15, -0.1) is 0 Å². The second kappa shape index (κ2) is 8.54. The topological polar surface area (TPSA) is 46.6 Å². The van der Waals surface area contributed by atoms with Crippen molar-refractivity contribution in [2.24, 2.45) is 0 Å². The molecular weight excluding hydrogens is 458 g/mol. The number of hydrogen-bond donors (Lipinski definition) is 0. The van der Waals surface area contributed by atoms with Gasteiger partial charge in [0.15, 0.2) is 0 Å². The van der Waals surface area contributed by atoms with E-state index in [0.29, 0.717) is 9.77 Å². The standard InChI is InChI=1S/C25H23NO3S3/c1-14-11-12-18-17(13-14)19(22(30)25(3,4)26(18)15(2)27)24-31-20(16-9-7-6-8-10-16)21(32-24)23(28)29-5/h6-13H,1-5H3/b24-19+. The van der Waals surface area contributed by atoms with Crippen LogP contribution in [-0.4, -0.2) is 29.4 Å². The molecule has 4 nitrogen and oxygen atoms in total. The first-order chi connectivity index (χ1) is 15.2. The van der Waals surface area contributed by atoms with Crippen molar-refractivity contribution in [2.45, 2.75) is 33.2 Å². The van der Waals surface area contributed by atoms with Crippen LogP contribution < -0.4 is 4.90 Å². The molecule has 2 aliphatic rings. The molecule has 0 aliphatic carbocycles. The first-order valence-corrected chi connectivity index (χ1v) is 12.2. The van der Waals surface area contributed by atoms with Gasteiger partial charge in [0.05, 0.1) is 27.4 Å². The molecule has 2 aliphatic heterocycles. The molecular formula is C25H23NO3S3. The van der Waals surface area contributed by atoms with Crippen LogP contribution in [0, 0.1) is 6.92 Å². The number of thiocarbonyl (C=S) groups is 1. The minimum Gasteiger partial charge on any atom is -0.465 e. The summed E-state index contributed by atoms with van der Waals surface area (Å²) in [6.45, 7) is 7.52. The largest absolute Gasteiger partial charge is 0.465 e. The van der Waals surface area contributed by atoms with Crippen LogP contribution in [0.4, 0.5) is 5.69 Å². The molecule has 164 valence electrons. The first kappa shape index (κ1) is 22.8. The third kappa shape index (κ3) is 3.72. The number of esters is 1. The van der Waals surface area contributed by atoms with Gasteiger partial charge in [0.1, 0.15) is 4.91 Å². The summed E-state index contributed by atoms with van der Waals surface area (Å²) in [4.78, 5) is 29.1. The average Bonchev–Trinajstić information content (AvgIpc) is 3.19. The molecule has 0 saturated heterocycles. The van der Waals surface area contributed by atoms with E-state index in [1.807, 2.05) is 63.2 Å². The number of carbonyl (C=O) groups is 2. The van der Waals surface area contributed by atoms with E-state index < -0.39 is 5.54 Å². The van der Waals surface area contributed by atoms with Gasteiger partial charge in [-0.3, -0.25) is 4.79 Å². The van der Waals surface area contributed by atoms with E-state index >= 15 is 0 Å². The Morgan fingerprint density at radius 3 is 2.38 bits per heavy atom. The molecule has 0 spiro atoms. The highest BCUT2D eigenvalue weighted by atomic mass is 32.2. The van der Waals surface area contributed by atoms with E-state index in [1.165, 1.54) is 30.6 Å². The van der Waals surface area contributed by atoms with E-state index in [1.54, 1.807) is 11.8 Å². The fourth-order valence-corrected chi connectivity index (χ4v) is 7.20. The lowest BCUT2D eigenvalue weighted by Crippen LogP contribution is -2.55. The third-order valence-electron chi connectivity index (χ3n) is 5.53. The van der Waals surface area contributed by atoms with Crippen LogP contribution in [0.5, 0.6) is 0 Å². The zero-order valence-electron chi connectivity index (χ0n) is 18.5. The number of amides is 1. The van der Waals surface area contributed by atoms with Gasteiger partial charge >= 0.3 is 5.97 Å². The Morgan fingerprint density at radius 1 is 1.06 bits per heavy atom. The minimum absolute atomic E-state index is 0.0587. The predicted octanol–water partition coefficient (Wildman–Crippen LogP) is 6.20. The molecule has 1 amide bonds. The summed E-state index contributed by atoms with van der Waals surface area (Å²) in [6.07, 6.45) is 0. The highest BCUT2D eigenvalue weighted by Gasteiger charge is 2.44. The fourth-order valence-electron chi connectivity index (χ4n) is 4.05. The third-order valence-corrected chi connectivity index (χ3v) is 8.86. The zero-order chi connectivity index (χ0) is 23.2. The quantitative estimate of drug-likeness (QED) is 0.289. The lowest BCUT2D eigenvalue weighted by Gasteiger charge is -2.45. The van der Waals surface area contributed by atoms with Crippen LogP contribution in [0.3, 0.4) is 0 Å². The van der Waals surface area contributed by atoms with Crippen molar-refractivity contribution in [3.63, 3.8) is 0 Å². The predicted molar refractivity (Wildman–Crippen MR) is 138 cm³/mol. The molecule has 0 saturated carbocycles. The summed E-state index contributed by atoms with van der Waals surface area (Å²) in [5, 5.41) is 0. The maximum Gasteiger partial charge on any atom is 0.345 e. The highest BCUT2D eigenvalue weighted by Crippen LogP contribution is 2.58. The molecule has 0 aromatic heterocycles. The van der Waals surface area contributed by atoms with Crippen LogP contribution in [0.1, 0.15) is 37.5 Å². The molecule has 0 atom stereocenters. The van der Waals surface area contributed by atoms with Crippen molar-refractivity contribution < 1.29 is 14.3 Å². The van der Waals surface area contributed by atoms with E-state index in [2.05, 4.69) is 6.07 Å². The van der Waals surface area contributed by atoms with Gasteiger partial charge in [0.2, 0.25) is 5.91 Å². The molecule has 2 heterocycles. The number of anilines is 1. The molecule has 0 radical (unpaired) electrons. The Kier molecular flexibility index (Phi) is 6.09. The van der Waals surface area contributed by atoms with Crippen molar-refractivity contribution in [3.8, 4) is 0 Å². The van der Waals surface area contributed by atoms with Crippen molar-refractivity contribution in [2.75, 3.05) is 12.0 Å². The summed E-state index contributed by atoms with van der Waals surface area (Å²) >= 11 is 8.92. The summed E-state index contributed by atoms with van der Waals surface area (Å²) in [5.74, 6) is -0.427. The second-order valence-electron chi connectivity index (χ2n) is 8.15. The molecule has 0 fully saturated rings. The van der Waals surface area contributed by atoms with E-state index in [4.69, 9.17) is 17.0 Å². The average molecular weight is 482 g/mol. The molecule has 2 aromatic carbocycles. The van der Waals surface area contributed by atoms with Gasteiger partial charge in [-0.1, -0.05) is 77.7 Å². The summed E-state index contributed by atoms with van der Waals surface area (Å²) in [5.41, 5.74) is 4.00. The van der Waals surface area contributed by atoms with Crippen molar-refractivity contribution in [1.29, 1.82) is 0 Å². The normalized spacial score (nSPS) is 19.8. The van der Waals surface area contributed by atoms with Crippen LogP contribution in [-0.2, 0) is 14.3 Å². The van der Waals surface area contributed by atoms with Gasteiger partial charge in [0.25, 0.3) is 0 Å². The van der Waals surface area contributed by atoms with Crippen LogP contribution >= 0.6 is 35.7 Å². The number of fused-ring (bicyclic) bond motifs is 1. The Labute approximate surface area is 202 Å². The smallest absolute Gasteiger partial charge is 0.345 e. The van der Waals surface area contributed by atoms with Crippen LogP contribution in [0.25, 0.3) is 10.5 Å². The van der Waals surface area contributed by atoms with Crippen LogP contribution in [0.15, 0.2) is 57.7 Å². The molecule has 2 aromatic rings. The summed E-state index contributed by atoms with van der Waals surface area (Å²) in [7, 11) is 1.39. The number of ether oxygens (including phenoxy) is 1. The molecule has 7 heteroatoms. The van der Waals surface area contributed by atoms with Gasteiger partial charge in [-0.05, 0) is 38.5 Å². The van der Waals surface area contributed by atoms with Gasteiger partial charge in [-0.25, -0.2) is 4.79 Å². The molecule has 0 N–H and O–H groups in total. The van der Waals surface area contributed by atoms with Gasteiger partial charge in [0, 0.05) is 23.0 Å². The summed E-state index contributed by atoms with van der Waals surface area (Å²) < 4.78 is 6.02. The van der Waals surface area contributed by atoms with Crippen molar-refractivity contribution in [3.05, 3.63) is 74.4 Å². The molecule has 0 unspecified atom stereocenters. The molecule has 32 heavy (non-hydrogen) atoms. The Morgan fingerprint density at radius 2 is 1.75 bits per heavy atom. The zero-order valence-corrected chi connectivity index (χ0v) is 21.0. The maximum absolute atomic E-state index is 12.7. The fraction of sp³-hybridized carbons (Fsp3) is 0.240. The Balaban J connectivity index is 1.94. The first-order valence-electron chi connectivity index (χ1n) is 10.1. The SMILES string of the molecule is COC(=O)C1=C(c2ccccc2)S/C(=C2\C(=S)C(C)(C)N(C(C)=O)c3ccc(C)cc32)S1. The lowest BCUT2D eigenvalue weighted by atomic mass is 9.83. The number of hydrogen-bond acceptors (Lipinski definition) is 6. The van der Waals surface area contributed by atoms with E-state index in [9.17, 15) is 9.59 Å². The number of benzene rings is 2. The lowest BCUT2D eigenvalue weighted by molar-refractivity contribution is -0.135. The summed E-state index contributed by atoms with van der Waals surface area (Å²) in [6, 6.07) is 15.9. The Bertz CT molecular complexity index is 1210. The van der Waals surface area contributed by atoms with Crippen molar-refractivity contribution in [1.82, 2.24) is 0 Å². The Hall–Kier alpha value is -2.35. The second-order valence-corrected chi connectivity index (χ2v) is 10.9. The van der Waals surface area contributed by atoms with Gasteiger partial charge in [-0.2, -0.15) is 0 Å². The molecule has 0 bridgehead atoms. The number of aryl methyl sites for hydroxylation is 1. The number of nitrogens with zero attached hydrogens (tertiary/aromatic N) is 1. The number of carbonyl (C=O) groups excluding carboxylic acids is 2. The van der Waals surface area contributed by atoms with E-state index in [0.717, 1.165) is 37.1 Å². The maximum atomic E-state index is 12.7.